The van der Waals surface area contributed by atoms with Crippen LogP contribution in [0.15, 0.2) is 27.7 Å². The zero-order valence-corrected chi connectivity index (χ0v) is 15.3. The Kier molecular flexibility index (Phi) is 4.81. The monoisotopic (exact) mass is 384 g/mol. The van der Waals surface area contributed by atoms with Gasteiger partial charge in [0.25, 0.3) is 5.91 Å². The van der Waals surface area contributed by atoms with Crippen LogP contribution in [-0.4, -0.2) is 59.8 Å². The number of hydrogen-bond acceptors (Lipinski definition) is 6. The number of sulfonamides is 1. The smallest absolute Gasteiger partial charge is 0.272 e. The number of pyridine rings is 1. The van der Waals surface area contributed by atoms with E-state index in [1.165, 1.54) is 16.6 Å². The predicted octanol–water partition coefficient (Wildman–Crippen LogP) is 1.49. The molecule has 134 valence electrons. The highest BCUT2D eigenvalue weighted by atomic mass is 35.5. The number of aryl methyl sites for hydroxylation is 2. The number of halogens is 1. The van der Waals surface area contributed by atoms with Crippen LogP contribution in [0.25, 0.3) is 0 Å². The van der Waals surface area contributed by atoms with Crippen molar-refractivity contribution in [3.8, 4) is 0 Å². The Balaban J connectivity index is 1.73. The first-order valence-corrected chi connectivity index (χ1v) is 9.46. The summed E-state index contributed by atoms with van der Waals surface area (Å²) in [5.41, 5.74) is 0.577. The van der Waals surface area contributed by atoms with E-state index in [0.717, 1.165) is 0 Å². The molecule has 2 aromatic heterocycles. The first-order chi connectivity index (χ1) is 11.8. The lowest BCUT2D eigenvalue weighted by Gasteiger charge is -2.33. The van der Waals surface area contributed by atoms with Crippen LogP contribution in [0, 0.1) is 13.8 Å². The molecular weight excluding hydrogens is 368 g/mol. The highest BCUT2D eigenvalue weighted by Gasteiger charge is 2.34. The van der Waals surface area contributed by atoms with Crippen molar-refractivity contribution in [1.82, 2.24) is 19.3 Å². The van der Waals surface area contributed by atoms with E-state index in [1.54, 1.807) is 24.8 Å². The lowest BCUT2D eigenvalue weighted by molar-refractivity contribution is 0.0692. The third-order valence-corrected chi connectivity index (χ3v) is 6.41. The SMILES string of the molecule is Cc1noc(C)c1S(=O)(=O)N1CCN(C(=O)c2cc(Cl)ccn2)CC1. The zero-order valence-electron chi connectivity index (χ0n) is 13.8. The molecule has 1 fully saturated rings. The average Bonchev–Trinajstić information content (AvgIpc) is 2.93. The summed E-state index contributed by atoms with van der Waals surface area (Å²) in [6.45, 7) is 4.09. The summed E-state index contributed by atoms with van der Waals surface area (Å²) >= 11 is 5.88. The van der Waals surface area contributed by atoms with Gasteiger partial charge < -0.3 is 9.42 Å². The van der Waals surface area contributed by atoms with Crippen LogP contribution in [0.1, 0.15) is 21.9 Å². The zero-order chi connectivity index (χ0) is 18.2. The molecule has 0 unspecified atom stereocenters. The molecule has 2 aromatic rings. The van der Waals surface area contributed by atoms with Gasteiger partial charge >= 0.3 is 0 Å². The quantitative estimate of drug-likeness (QED) is 0.795. The number of amides is 1. The molecule has 1 amide bonds. The van der Waals surface area contributed by atoms with Gasteiger partial charge in [0.2, 0.25) is 10.0 Å². The largest absolute Gasteiger partial charge is 0.360 e. The standard InChI is InChI=1S/C15H17ClN4O4S/c1-10-14(11(2)24-18-10)25(22,23)20-7-5-19(6-8-20)15(21)13-9-12(16)3-4-17-13/h3-4,9H,5-8H2,1-2H3. The van der Waals surface area contributed by atoms with Gasteiger partial charge in [-0.25, -0.2) is 8.42 Å². The van der Waals surface area contributed by atoms with Gasteiger partial charge in [-0.05, 0) is 26.0 Å². The molecule has 0 saturated carbocycles. The molecule has 1 aliphatic heterocycles. The number of piperazine rings is 1. The normalized spacial score (nSPS) is 16.2. The van der Waals surface area contributed by atoms with E-state index in [1.807, 2.05) is 0 Å². The summed E-state index contributed by atoms with van der Waals surface area (Å²) in [6, 6.07) is 3.09. The first kappa shape index (κ1) is 17.8. The van der Waals surface area contributed by atoms with Gasteiger partial charge in [-0.1, -0.05) is 16.8 Å². The average molecular weight is 385 g/mol. The summed E-state index contributed by atoms with van der Waals surface area (Å²) in [7, 11) is -3.70. The molecule has 3 heterocycles. The second kappa shape index (κ2) is 6.74. The van der Waals surface area contributed by atoms with Crippen molar-refractivity contribution in [2.24, 2.45) is 0 Å². The molecule has 0 atom stereocenters. The molecule has 10 heteroatoms. The number of aromatic nitrogens is 2. The third kappa shape index (κ3) is 3.39. The van der Waals surface area contributed by atoms with Crippen molar-refractivity contribution in [3.63, 3.8) is 0 Å². The van der Waals surface area contributed by atoms with Gasteiger partial charge in [0, 0.05) is 37.4 Å². The number of carbonyl (C=O) groups excluding carboxylic acids is 1. The van der Waals surface area contributed by atoms with Gasteiger partial charge in [0.05, 0.1) is 0 Å². The number of nitrogens with zero attached hydrogens (tertiary/aromatic N) is 4. The van der Waals surface area contributed by atoms with Crippen molar-refractivity contribution in [2.75, 3.05) is 26.2 Å². The molecular formula is C15H17ClN4O4S. The van der Waals surface area contributed by atoms with Crippen molar-refractivity contribution >= 4 is 27.5 Å². The summed E-state index contributed by atoms with van der Waals surface area (Å²) in [5, 5.41) is 4.13. The Morgan fingerprint density at radius 3 is 2.48 bits per heavy atom. The van der Waals surface area contributed by atoms with E-state index in [-0.39, 0.29) is 48.4 Å². The molecule has 25 heavy (non-hydrogen) atoms. The Morgan fingerprint density at radius 1 is 1.24 bits per heavy atom. The molecule has 0 N–H and O–H groups in total. The van der Waals surface area contributed by atoms with E-state index < -0.39 is 10.0 Å². The highest BCUT2D eigenvalue weighted by Crippen LogP contribution is 2.24. The second-order valence-corrected chi connectivity index (χ2v) is 8.02. The lowest BCUT2D eigenvalue weighted by atomic mass is 10.3. The lowest BCUT2D eigenvalue weighted by Crippen LogP contribution is -2.50. The maximum atomic E-state index is 12.8. The van der Waals surface area contributed by atoms with Gasteiger partial charge in [-0.3, -0.25) is 9.78 Å². The minimum absolute atomic E-state index is 0.101. The molecule has 8 nitrogen and oxygen atoms in total. The van der Waals surface area contributed by atoms with Crippen molar-refractivity contribution in [2.45, 2.75) is 18.7 Å². The van der Waals surface area contributed by atoms with Crippen LogP contribution in [0.4, 0.5) is 0 Å². The van der Waals surface area contributed by atoms with Crippen molar-refractivity contribution < 1.29 is 17.7 Å². The predicted molar refractivity (Wildman–Crippen MR) is 89.9 cm³/mol. The van der Waals surface area contributed by atoms with Crippen LogP contribution in [-0.2, 0) is 10.0 Å². The van der Waals surface area contributed by atoms with Crippen LogP contribution < -0.4 is 0 Å². The fraction of sp³-hybridized carbons (Fsp3) is 0.400. The van der Waals surface area contributed by atoms with Gasteiger partial charge in [-0.2, -0.15) is 4.31 Å². The maximum absolute atomic E-state index is 12.8. The fourth-order valence-electron chi connectivity index (χ4n) is 2.79. The van der Waals surface area contributed by atoms with E-state index >= 15 is 0 Å². The van der Waals surface area contributed by atoms with Crippen LogP contribution in [0.2, 0.25) is 5.02 Å². The number of carbonyl (C=O) groups is 1. The van der Waals surface area contributed by atoms with Crippen LogP contribution in [0.5, 0.6) is 0 Å². The number of hydrogen-bond donors (Lipinski definition) is 0. The van der Waals surface area contributed by atoms with Gasteiger partial charge in [-0.15, -0.1) is 0 Å². The van der Waals surface area contributed by atoms with Crippen LogP contribution in [0.3, 0.4) is 0 Å². The third-order valence-electron chi connectivity index (χ3n) is 4.03. The highest BCUT2D eigenvalue weighted by molar-refractivity contribution is 7.89. The molecule has 0 radical (unpaired) electrons. The second-order valence-electron chi connectivity index (χ2n) is 5.71. The summed E-state index contributed by atoms with van der Waals surface area (Å²) < 4.78 is 31.8. The topological polar surface area (TPSA) is 96.6 Å². The van der Waals surface area contributed by atoms with E-state index in [9.17, 15) is 13.2 Å². The van der Waals surface area contributed by atoms with E-state index in [4.69, 9.17) is 16.1 Å². The fourth-order valence-corrected chi connectivity index (χ4v) is 4.66. The molecule has 0 aliphatic carbocycles. The molecule has 0 bridgehead atoms. The Morgan fingerprint density at radius 2 is 1.92 bits per heavy atom. The molecule has 0 spiro atoms. The summed E-state index contributed by atoms with van der Waals surface area (Å²) in [5.74, 6) is -0.00368. The van der Waals surface area contributed by atoms with Crippen LogP contribution >= 0.6 is 11.6 Å². The van der Waals surface area contributed by atoms with Crippen molar-refractivity contribution in [3.05, 3.63) is 40.5 Å². The van der Waals surface area contributed by atoms with Gasteiger partial charge in [0.15, 0.2) is 5.76 Å². The van der Waals surface area contributed by atoms with E-state index in [2.05, 4.69) is 10.1 Å². The Labute approximate surface area is 150 Å². The molecule has 1 saturated heterocycles. The van der Waals surface area contributed by atoms with Gasteiger partial charge in [0.1, 0.15) is 16.3 Å². The first-order valence-electron chi connectivity index (χ1n) is 7.64. The Bertz CT molecular complexity index is 885. The Hall–Kier alpha value is -1.97. The van der Waals surface area contributed by atoms with E-state index in [0.29, 0.717) is 10.7 Å². The minimum atomic E-state index is -3.70. The molecule has 3 rings (SSSR count). The molecule has 0 aromatic carbocycles. The minimum Gasteiger partial charge on any atom is -0.360 e. The summed E-state index contributed by atoms with van der Waals surface area (Å²) in [6.07, 6.45) is 1.47. The maximum Gasteiger partial charge on any atom is 0.272 e. The molecule has 1 aliphatic rings. The number of rotatable bonds is 3. The van der Waals surface area contributed by atoms with Crippen molar-refractivity contribution in [1.29, 1.82) is 0 Å². The summed E-state index contributed by atoms with van der Waals surface area (Å²) in [4.78, 5) is 18.1.